The zero-order valence-electron chi connectivity index (χ0n) is 9.24. The van der Waals surface area contributed by atoms with E-state index < -0.39 is 0 Å². The van der Waals surface area contributed by atoms with Crippen molar-refractivity contribution in [3.05, 3.63) is 27.7 Å². The molecule has 1 heterocycles. The van der Waals surface area contributed by atoms with Crippen LogP contribution >= 0.6 is 15.9 Å². The zero-order chi connectivity index (χ0) is 12.0. The van der Waals surface area contributed by atoms with E-state index in [1.54, 1.807) is 6.07 Å². The van der Waals surface area contributed by atoms with Crippen LogP contribution in [-0.2, 0) is 17.6 Å². The number of ether oxygens (including phenoxy) is 1. The molecule has 3 rings (SSSR count). The lowest BCUT2D eigenvalue weighted by atomic mass is 9.79. The van der Waals surface area contributed by atoms with Gasteiger partial charge in [-0.05, 0) is 36.1 Å². The Morgan fingerprint density at radius 1 is 1.41 bits per heavy atom. The van der Waals surface area contributed by atoms with Crippen molar-refractivity contribution in [2.45, 2.75) is 24.8 Å². The van der Waals surface area contributed by atoms with Gasteiger partial charge < -0.3 is 15.6 Å². The van der Waals surface area contributed by atoms with Crippen LogP contribution in [0.15, 0.2) is 21.6 Å². The Kier molecular flexibility index (Phi) is 2.33. The highest BCUT2D eigenvalue weighted by atomic mass is 79.9. The second kappa shape index (κ2) is 3.63. The number of amidine groups is 1. The Hall–Kier alpha value is -1.23. The monoisotopic (exact) mass is 296 g/mol. The molecule has 0 radical (unpaired) electrons. The van der Waals surface area contributed by atoms with E-state index in [1.165, 1.54) is 0 Å². The predicted molar refractivity (Wildman–Crippen MR) is 68.1 cm³/mol. The fourth-order valence-electron chi connectivity index (χ4n) is 2.62. The second-order valence-electron chi connectivity index (χ2n) is 4.66. The van der Waals surface area contributed by atoms with E-state index in [0.29, 0.717) is 12.4 Å². The van der Waals surface area contributed by atoms with Gasteiger partial charge in [-0.25, -0.2) is 4.99 Å². The average molecular weight is 297 g/mol. The summed E-state index contributed by atoms with van der Waals surface area (Å²) in [7, 11) is 0. The number of phenols is 1. The van der Waals surface area contributed by atoms with E-state index in [-0.39, 0.29) is 11.6 Å². The number of hydrogen-bond donors (Lipinski definition) is 2. The van der Waals surface area contributed by atoms with Gasteiger partial charge in [0.25, 0.3) is 6.02 Å². The topological polar surface area (TPSA) is 67.8 Å². The molecule has 0 aromatic heterocycles. The first-order chi connectivity index (χ1) is 8.10. The van der Waals surface area contributed by atoms with Gasteiger partial charge in [0.05, 0.1) is 0 Å². The normalized spacial score (nSPS) is 26.5. The molecule has 5 heteroatoms. The average Bonchev–Trinajstić information content (AvgIpc) is 2.66. The SMILES string of the molecule is NC1=NC2(CCc3c(O)ccc(Br)c3C2)CO1. The summed E-state index contributed by atoms with van der Waals surface area (Å²) in [5.41, 5.74) is 7.51. The van der Waals surface area contributed by atoms with Crippen molar-refractivity contribution < 1.29 is 9.84 Å². The molecular formula is C12H13BrN2O2. The number of benzene rings is 1. The molecule has 0 saturated carbocycles. The van der Waals surface area contributed by atoms with Crippen LogP contribution < -0.4 is 5.73 Å². The third-order valence-corrected chi connectivity index (χ3v) is 4.27. The van der Waals surface area contributed by atoms with Crippen LogP contribution in [-0.4, -0.2) is 23.3 Å². The molecule has 1 unspecified atom stereocenters. The van der Waals surface area contributed by atoms with Crippen molar-refractivity contribution in [3.8, 4) is 5.75 Å². The van der Waals surface area contributed by atoms with Gasteiger partial charge in [-0.2, -0.15) is 0 Å². The first-order valence-corrected chi connectivity index (χ1v) is 6.36. The maximum absolute atomic E-state index is 9.85. The lowest BCUT2D eigenvalue weighted by Crippen LogP contribution is -2.35. The summed E-state index contributed by atoms with van der Waals surface area (Å²) in [4.78, 5) is 4.42. The lowest BCUT2D eigenvalue weighted by Gasteiger charge is -2.31. The maximum Gasteiger partial charge on any atom is 0.282 e. The molecule has 2 aliphatic rings. The number of aromatic hydroxyl groups is 1. The summed E-state index contributed by atoms with van der Waals surface area (Å²) < 4.78 is 6.30. The molecule has 4 nitrogen and oxygen atoms in total. The minimum absolute atomic E-state index is 0.229. The molecule has 1 aromatic carbocycles. The van der Waals surface area contributed by atoms with Crippen molar-refractivity contribution in [2.75, 3.05) is 6.61 Å². The smallest absolute Gasteiger partial charge is 0.282 e. The van der Waals surface area contributed by atoms with Gasteiger partial charge in [-0.1, -0.05) is 15.9 Å². The van der Waals surface area contributed by atoms with Crippen LogP contribution in [0.1, 0.15) is 17.5 Å². The standard InChI is InChI=1S/C12H13BrN2O2/c13-9-1-2-10(16)7-3-4-12(5-8(7)9)6-17-11(14)15-12/h1-2,16H,3-6H2,(H2,14,15). The molecular weight excluding hydrogens is 284 g/mol. The molecule has 17 heavy (non-hydrogen) atoms. The fraction of sp³-hybridized carbons (Fsp3) is 0.417. The summed E-state index contributed by atoms with van der Waals surface area (Å²) in [5.74, 6) is 0.369. The summed E-state index contributed by atoms with van der Waals surface area (Å²) >= 11 is 3.53. The van der Waals surface area contributed by atoms with Crippen molar-refractivity contribution in [3.63, 3.8) is 0 Å². The van der Waals surface area contributed by atoms with Gasteiger partial charge in [0, 0.05) is 10.9 Å². The maximum atomic E-state index is 9.85. The van der Waals surface area contributed by atoms with Crippen molar-refractivity contribution in [2.24, 2.45) is 10.7 Å². The molecule has 90 valence electrons. The molecule has 0 saturated heterocycles. The Morgan fingerprint density at radius 2 is 2.24 bits per heavy atom. The van der Waals surface area contributed by atoms with Crippen LogP contribution in [0, 0.1) is 0 Å². The van der Waals surface area contributed by atoms with Gasteiger partial charge in [0.15, 0.2) is 0 Å². The number of rotatable bonds is 0. The number of phenolic OH excluding ortho intramolecular Hbond substituents is 1. The summed E-state index contributed by atoms with van der Waals surface area (Å²) in [6, 6.07) is 3.88. The number of aliphatic imine (C=N–C) groups is 1. The third-order valence-electron chi connectivity index (χ3n) is 3.53. The highest BCUT2D eigenvalue weighted by molar-refractivity contribution is 9.10. The van der Waals surface area contributed by atoms with E-state index in [9.17, 15) is 5.11 Å². The van der Waals surface area contributed by atoms with Crippen LogP contribution in [0.4, 0.5) is 0 Å². The first kappa shape index (κ1) is 10.9. The van der Waals surface area contributed by atoms with E-state index >= 15 is 0 Å². The number of nitrogens with two attached hydrogens (primary N) is 1. The van der Waals surface area contributed by atoms with Crippen molar-refractivity contribution in [1.82, 2.24) is 0 Å². The first-order valence-electron chi connectivity index (χ1n) is 5.57. The molecule has 1 aromatic rings. The Morgan fingerprint density at radius 3 is 2.94 bits per heavy atom. The molecule has 3 N–H and O–H groups in total. The Bertz CT molecular complexity index is 515. The Balaban J connectivity index is 2.04. The van der Waals surface area contributed by atoms with Crippen molar-refractivity contribution >= 4 is 22.0 Å². The highest BCUT2D eigenvalue weighted by Crippen LogP contribution is 2.40. The van der Waals surface area contributed by atoms with E-state index in [2.05, 4.69) is 20.9 Å². The van der Waals surface area contributed by atoms with Gasteiger partial charge in [0.1, 0.15) is 17.9 Å². The van der Waals surface area contributed by atoms with Gasteiger partial charge >= 0.3 is 0 Å². The third kappa shape index (κ3) is 1.69. The van der Waals surface area contributed by atoms with E-state index in [4.69, 9.17) is 10.5 Å². The van der Waals surface area contributed by atoms with Crippen LogP contribution in [0.5, 0.6) is 5.75 Å². The molecule has 1 aliphatic carbocycles. The molecule has 1 spiro atoms. The molecule has 0 bridgehead atoms. The van der Waals surface area contributed by atoms with E-state index in [0.717, 1.165) is 34.9 Å². The zero-order valence-corrected chi connectivity index (χ0v) is 10.8. The van der Waals surface area contributed by atoms with Crippen LogP contribution in [0.2, 0.25) is 0 Å². The second-order valence-corrected chi connectivity index (χ2v) is 5.52. The molecule has 0 amide bonds. The highest BCUT2D eigenvalue weighted by Gasteiger charge is 2.40. The quantitative estimate of drug-likeness (QED) is 0.766. The van der Waals surface area contributed by atoms with Crippen molar-refractivity contribution in [1.29, 1.82) is 0 Å². The van der Waals surface area contributed by atoms with Gasteiger partial charge in [-0.3, -0.25) is 0 Å². The van der Waals surface area contributed by atoms with Gasteiger partial charge in [-0.15, -0.1) is 0 Å². The largest absolute Gasteiger partial charge is 0.508 e. The minimum atomic E-state index is -0.229. The summed E-state index contributed by atoms with van der Waals surface area (Å²) in [6.45, 7) is 0.542. The van der Waals surface area contributed by atoms with Crippen LogP contribution in [0.3, 0.4) is 0 Å². The summed E-state index contributed by atoms with van der Waals surface area (Å²) in [5, 5.41) is 9.85. The predicted octanol–water partition coefficient (Wildman–Crippen LogP) is 1.73. The van der Waals surface area contributed by atoms with Gasteiger partial charge in [0.2, 0.25) is 0 Å². The number of fused-ring (bicyclic) bond motifs is 1. The Labute approximate surface area is 108 Å². The van der Waals surface area contributed by atoms with E-state index in [1.807, 2.05) is 6.07 Å². The lowest BCUT2D eigenvalue weighted by molar-refractivity contribution is 0.233. The minimum Gasteiger partial charge on any atom is -0.508 e. The van der Waals surface area contributed by atoms with Crippen LogP contribution in [0.25, 0.3) is 0 Å². The summed E-state index contributed by atoms with van der Waals surface area (Å²) in [6.07, 6.45) is 2.43. The molecule has 1 aliphatic heterocycles. The number of nitrogens with zero attached hydrogens (tertiary/aromatic N) is 1. The molecule has 1 atom stereocenters. The number of halogens is 1. The number of hydrogen-bond acceptors (Lipinski definition) is 4. The molecule has 0 fully saturated rings. The fourth-order valence-corrected chi connectivity index (χ4v) is 3.13.